The lowest BCUT2D eigenvalue weighted by Gasteiger charge is -2.32. The molecule has 0 aliphatic carbocycles. The number of ketones is 1. The summed E-state index contributed by atoms with van der Waals surface area (Å²) in [5, 5.41) is 2.93. The number of hydrogen-bond donors (Lipinski definition) is 1. The summed E-state index contributed by atoms with van der Waals surface area (Å²) in [5.41, 5.74) is 2.16. The van der Waals surface area contributed by atoms with Crippen LogP contribution in [0, 0.1) is 12.8 Å². The largest absolute Gasteiger partial charge is 0.340 e. The number of piperidine rings is 1. The molecule has 6 heteroatoms. The third kappa shape index (κ3) is 4.21. The molecule has 1 aromatic carbocycles. The zero-order valence-corrected chi connectivity index (χ0v) is 14.5. The van der Waals surface area contributed by atoms with E-state index in [0.717, 1.165) is 25.1 Å². The second kappa shape index (κ2) is 7.42. The summed E-state index contributed by atoms with van der Waals surface area (Å²) in [4.78, 5) is 34.9. The molecular formula is C19H22N4O2. The van der Waals surface area contributed by atoms with Crippen LogP contribution in [-0.4, -0.2) is 34.7 Å². The maximum absolute atomic E-state index is 12.6. The molecule has 1 aliphatic rings. The second-order valence-electron chi connectivity index (χ2n) is 6.41. The molecule has 0 unspecified atom stereocenters. The van der Waals surface area contributed by atoms with Crippen molar-refractivity contribution in [2.75, 3.05) is 23.3 Å². The highest BCUT2D eigenvalue weighted by Gasteiger charge is 2.27. The number of Topliss-reactive ketones (excluding diaryl/α,β-unsaturated/α-hetero) is 1. The lowest BCUT2D eigenvalue weighted by atomic mass is 9.97. The number of amides is 1. The number of aromatic nitrogens is 2. The van der Waals surface area contributed by atoms with E-state index in [1.54, 1.807) is 30.5 Å². The Hall–Kier alpha value is -2.76. The van der Waals surface area contributed by atoms with Crippen LogP contribution in [0.2, 0.25) is 0 Å². The predicted octanol–water partition coefficient (Wildman–Crippen LogP) is 2.84. The van der Waals surface area contributed by atoms with Crippen LogP contribution in [0.1, 0.15) is 35.8 Å². The van der Waals surface area contributed by atoms with E-state index >= 15 is 0 Å². The number of anilines is 2. The van der Waals surface area contributed by atoms with Crippen molar-refractivity contribution < 1.29 is 9.59 Å². The number of aryl methyl sites for hydroxylation is 1. The molecule has 0 radical (unpaired) electrons. The van der Waals surface area contributed by atoms with Crippen LogP contribution in [0.25, 0.3) is 0 Å². The van der Waals surface area contributed by atoms with Gasteiger partial charge in [-0.25, -0.2) is 9.97 Å². The highest BCUT2D eigenvalue weighted by Crippen LogP contribution is 2.22. The van der Waals surface area contributed by atoms with Crippen LogP contribution < -0.4 is 10.2 Å². The fourth-order valence-electron chi connectivity index (χ4n) is 3.02. The molecule has 1 aliphatic heterocycles. The van der Waals surface area contributed by atoms with E-state index in [9.17, 15) is 9.59 Å². The number of carbonyl (C=O) groups excluding carboxylic acids is 2. The minimum Gasteiger partial charge on any atom is -0.340 e. The molecule has 1 saturated heterocycles. The standard InChI is InChI=1S/C19H22N4O2/c1-13-8-9-20-19(21-13)23-10-4-6-16(12-23)18(25)22-17-7-3-5-15(11-17)14(2)24/h3,5,7-9,11,16H,4,6,10,12H2,1-2H3,(H,22,25)/t16-/m1/s1. The Morgan fingerprint density at radius 3 is 2.88 bits per heavy atom. The van der Waals surface area contributed by atoms with Gasteiger partial charge in [-0.15, -0.1) is 0 Å². The molecular weight excluding hydrogens is 316 g/mol. The normalized spacial score (nSPS) is 17.2. The van der Waals surface area contributed by atoms with Crippen molar-refractivity contribution in [1.29, 1.82) is 0 Å². The first-order valence-electron chi connectivity index (χ1n) is 8.49. The summed E-state index contributed by atoms with van der Waals surface area (Å²) in [6.45, 7) is 4.90. The Balaban J connectivity index is 1.68. The molecule has 1 fully saturated rings. The fraction of sp³-hybridized carbons (Fsp3) is 0.368. The van der Waals surface area contributed by atoms with E-state index in [-0.39, 0.29) is 17.6 Å². The lowest BCUT2D eigenvalue weighted by Crippen LogP contribution is -2.41. The van der Waals surface area contributed by atoms with Gasteiger partial charge in [0.2, 0.25) is 11.9 Å². The average Bonchev–Trinajstić information content (AvgIpc) is 2.62. The third-order valence-corrected chi connectivity index (χ3v) is 4.39. The Labute approximate surface area is 147 Å². The van der Waals surface area contributed by atoms with E-state index in [4.69, 9.17) is 0 Å². The molecule has 25 heavy (non-hydrogen) atoms. The molecule has 1 amide bonds. The Morgan fingerprint density at radius 1 is 1.28 bits per heavy atom. The van der Waals surface area contributed by atoms with E-state index in [1.807, 2.05) is 13.0 Å². The van der Waals surface area contributed by atoms with Crippen molar-refractivity contribution in [3.8, 4) is 0 Å². The first-order chi connectivity index (χ1) is 12.0. The van der Waals surface area contributed by atoms with Gasteiger partial charge in [-0.3, -0.25) is 9.59 Å². The summed E-state index contributed by atoms with van der Waals surface area (Å²) < 4.78 is 0. The monoisotopic (exact) mass is 338 g/mol. The second-order valence-corrected chi connectivity index (χ2v) is 6.41. The number of hydrogen-bond acceptors (Lipinski definition) is 5. The predicted molar refractivity (Wildman–Crippen MR) is 96.8 cm³/mol. The van der Waals surface area contributed by atoms with Crippen molar-refractivity contribution in [3.63, 3.8) is 0 Å². The molecule has 130 valence electrons. The lowest BCUT2D eigenvalue weighted by molar-refractivity contribution is -0.120. The number of carbonyl (C=O) groups is 2. The molecule has 0 bridgehead atoms. The van der Waals surface area contributed by atoms with Crippen molar-refractivity contribution in [2.45, 2.75) is 26.7 Å². The van der Waals surface area contributed by atoms with Crippen LogP contribution in [-0.2, 0) is 4.79 Å². The maximum atomic E-state index is 12.6. The van der Waals surface area contributed by atoms with Gasteiger partial charge in [0, 0.05) is 36.2 Å². The maximum Gasteiger partial charge on any atom is 0.229 e. The molecule has 2 heterocycles. The van der Waals surface area contributed by atoms with E-state index in [0.29, 0.717) is 23.7 Å². The van der Waals surface area contributed by atoms with Crippen molar-refractivity contribution >= 4 is 23.3 Å². The van der Waals surface area contributed by atoms with Gasteiger partial charge in [-0.2, -0.15) is 0 Å². The highest BCUT2D eigenvalue weighted by atomic mass is 16.2. The zero-order valence-electron chi connectivity index (χ0n) is 14.5. The van der Waals surface area contributed by atoms with Crippen molar-refractivity contribution in [1.82, 2.24) is 9.97 Å². The highest BCUT2D eigenvalue weighted by molar-refractivity contribution is 5.97. The first-order valence-corrected chi connectivity index (χ1v) is 8.49. The average molecular weight is 338 g/mol. The smallest absolute Gasteiger partial charge is 0.229 e. The van der Waals surface area contributed by atoms with E-state index < -0.39 is 0 Å². The Kier molecular flexibility index (Phi) is 5.07. The molecule has 0 spiro atoms. The van der Waals surface area contributed by atoms with Gasteiger partial charge < -0.3 is 10.2 Å². The van der Waals surface area contributed by atoms with Gasteiger partial charge in [0.25, 0.3) is 0 Å². The van der Waals surface area contributed by atoms with Gasteiger partial charge in [0.15, 0.2) is 5.78 Å². The van der Waals surface area contributed by atoms with Crippen LogP contribution in [0.15, 0.2) is 36.5 Å². The van der Waals surface area contributed by atoms with E-state index in [1.165, 1.54) is 6.92 Å². The fourth-order valence-corrected chi connectivity index (χ4v) is 3.02. The van der Waals surface area contributed by atoms with Crippen molar-refractivity contribution in [3.05, 3.63) is 47.8 Å². The van der Waals surface area contributed by atoms with E-state index in [2.05, 4.69) is 20.2 Å². The minimum atomic E-state index is -0.126. The van der Waals surface area contributed by atoms with Gasteiger partial charge >= 0.3 is 0 Å². The first kappa shape index (κ1) is 17.1. The molecule has 6 nitrogen and oxygen atoms in total. The van der Waals surface area contributed by atoms with Gasteiger partial charge in [-0.05, 0) is 44.9 Å². The van der Waals surface area contributed by atoms with Crippen LogP contribution in [0.5, 0.6) is 0 Å². The molecule has 1 atom stereocenters. The quantitative estimate of drug-likeness (QED) is 0.868. The summed E-state index contributed by atoms with van der Waals surface area (Å²) in [7, 11) is 0. The third-order valence-electron chi connectivity index (χ3n) is 4.39. The molecule has 2 aromatic rings. The van der Waals surface area contributed by atoms with Crippen LogP contribution in [0.3, 0.4) is 0 Å². The van der Waals surface area contributed by atoms with Crippen LogP contribution in [0.4, 0.5) is 11.6 Å². The summed E-state index contributed by atoms with van der Waals surface area (Å²) in [5.74, 6) is 0.504. The summed E-state index contributed by atoms with van der Waals surface area (Å²) in [6, 6.07) is 8.90. The molecule has 1 aromatic heterocycles. The molecule has 3 rings (SSSR count). The number of benzene rings is 1. The van der Waals surface area contributed by atoms with Gasteiger partial charge in [0.1, 0.15) is 0 Å². The SMILES string of the molecule is CC(=O)c1cccc(NC(=O)[C@@H]2CCCN(c3nccc(C)n3)C2)c1. The number of nitrogens with one attached hydrogen (secondary N) is 1. The Bertz CT molecular complexity index is 790. The molecule has 1 N–H and O–H groups in total. The number of rotatable bonds is 4. The van der Waals surface area contributed by atoms with Crippen LogP contribution >= 0.6 is 0 Å². The summed E-state index contributed by atoms with van der Waals surface area (Å²) in [6.07, 6.45) is 3.50. The summed E-state index contributed by atoms with van der Waals surface area (Å²) >= 11 is 0. The van der Waals surface area contributed by atoms with Crippen molar-refractivity contribution in [2.24, 2.45) is 5.92 Å². The minimum absolute atomic E-state index is 0.0171. The van der Waals surface area contributed by atoms with Gasteiger partial charge in [-0.1, -0.05) is 12.1 Å². The number of nitrogens with zero attached hydrogens (tertiary/aromatic N) is 3. The molecule has 0 saturated carbocycles. The Morgan fingerprint density at radius 2 is 2.12 bits per heavy atom. The zero-order chi connectivity index (χ0) is 17.8. The topological polar surface area (TPSA) is 75.2 Å². The van der Waals surface area contributed by atoms with Gasteiger partial charge in [0.05, 0.1) is 5.92 Å².